The summed E-state index contributed by atoms with van der Waals surface area (Å²) in [5.74, 6) is 0.826. The molecular formula is C12H15FO2. The van der Waals surface area contributed by atoms with Crippen LogP contribution in [0.4, 0.5) is 4.39 Å². The normalized spacial score (nSPS) is 10.0. The van der Waals surface area contributed by atoms with Gasteiger partial charge in [-0.15, -0.1) is 0 Å². The van der Waals surface area contributed by atoms with Gasteiger partial charge in [-0.05, 0) is 25.0 Å². The molecule has 0 aliphatic carbocycles. The van der Waals surface area contributed by atoms with Crippen molar-refractivity contribution in [2.75, 3.05) is 13.3 Å². The van der Waals surface area contributed by atoms with Gasteiger partial charge in [0.05, 0.1) is 0 Å². The molecule has 0 radical (unpaired) electrons. The molecule has 0 spiro atoms. The minimum Gasteiger partial charge on any atom is -0.491 e. The van der Waals surface area contributed by atoms with Gasteiger partial charge in [-0.25, -0.2) is 4.39 Å². The first-order chi connectivity index (χ1) is 7.24. The molecule has 0 fully saturated rings. The number of carbonyl (C=O) groups excluding carboxylic acids is 1. The Labute approximate surface area is 89.1 Å². The van der Waals surface area contributed by atoms with Gasteiger partial charge in [0.15, 0.2) is 0 Å². The molecule has 1 aromatic rings. The molecule has 0 heterocycles. The smallest absolute Gasteiger partial charge is 0.130 e. The summed E-state index contributed by atoms with van der Waals surface area (Å²) in [5.41, 5.74) is 0.959. The molecule has 0 saturated carbocycles. The van der Waals surface area contributed by atoms with E-state index in [1.54, 1.807) is 13.0 Å². The van der Waals surface area contributed by atoms with Crippen molar-refractivity contribution >= 4 is 5.78 Å². The number of alkyl halides is 1. The number of halogens is 1. The quantitative estimate of drug-likeness (QED) is 0.721. The first-order valence-corrected chi connectivity index (χ1v) is 5.00. The summed E-state index contributed by atoms with van der Waals surface area (Å²) in [6.07, 6.45) is 1.15. The molecule has 1 rings (SSSR count). The summed E-state index contributed by atoms with van der Waals surface area (Å²) in [6, 6.07) is 7.42. The number of ether oxygens (including phenoxy) is 1. The van der Waals surface area contributed by atoms with E-state index in [2.05, 4.69) is 0 Å². The average Bonchev–Trinajstić information content (AvgIpc) is 2.24. The fourth-order valence-corrected chi connectivity index (χ4v) is 1.31. The summed E-state index contributed by atoms with van der Waals surface area (Å²) < 4.78 is 17.2. The second-order valence-corrected chi connectivity index (χ2v) is 3.35. The maximum atomic E-state index is 11.9. The maximum Gasteiger partial charge on any atom is 0.130 e. The number of para-hydroxylation sites is 1. The van der Waals surface area contributed by atoms with Crippen molar-refractivity contribution in [3.05, 3.63) is 29.8 Å². The Morgan fingerprint density at radius 3 is 2.80 bits per heavy atom. The maximum absolute atomic E-state index is 11.9. The van der Waals surface area contributed by atoms with Crippen molar-refractivity contribution in [1.29, 1.82) is 0 Å². The van der Waals surface area contributed by atoms with Crippen molar-refractivity contribution in [3.63, 3.8) is 0 Å². The van der Waals surface area contributed by atoms with E-state index in [9.17, 15) is 9.18 Å². The standard InChI is InChI=1S/C12H15FO2/c1-10(14)6-7-11-4-2-3-5-12(11)15-9-8-13/h2-5H,6-9H2,1H3. The number of rotatable bonds is 6. The summed E-state index contributed by atoms with van der Waals surface area (Å²) in [4.78, 5) is 10.8. The third kappa shape index (κ3) is 4.11. The van der Waals surface area contributed by atoms with Crippen LogP contribution in [-0.2, 0) is 11.2 Å². The van der Waals surface area contributed by atoms with Crippen LogP contribution in [0.5, 0.6) is 5.75 Å². The van der Waals surface area contributed by atoms with E-state index in [4.69, 9.17) is 4.74 Å². The predicted octanol–water partition coefficient (Wildman–Crippen LogP) is 2.56. The highest BCUT2D eigenvalue weighted by Crippen LogP contribution is 2.19. The van der Waals surface area contributed by atoms with Gasteiger partial charge < -0.3 is 9.53 Å². The van der Waals surface area contributed by atoms with E-state index in [1.165, 1.54) is 0 Å². The van der Waals surface area contributed by atoms with Gasteiger partial charge in [0, 0.05) is 6.42 Å². The lowest BCUT2D eigenvalue weighted by atomic mass is 10.1. The fraction of sp³-hybridized carbons (Fsp3) is 0.417. The number of ketones is 1. The van der Waals surface area contributed by atoms with Crippen molar-refractivity contribution in [1.82, 2.24) is 0 Å². The van der Waals surface area contributed by atoms with Gasteiger partial charge >= 0.3 is 0 Å². The predicted molar refractivity (Wildman–Crippen MR) is 56.9 cm³/mol. The van der Waals surface area contributed by atoms with E-state index >= 15 is 0 Å². The van der Waals surface area contributed by atoms with Crippen LogP contribution < -0.4 is 4.74 Å². The number of Topliss-reactive ketones (excluding diaryl/α,β-unsaturated/α-hetero) is 1. The molecule has 0 unspecified atom stereocenters. The first kappa shape index (κ1) is 11.7. The summed E-state index contributed by atoms with van der Waals surface area (Å²) in [6.45, 7) is 1.13. The molecule has 2 nitrogen and oxygen atoms in total. The van der Waals surface area contributed by atoms with E-state index in [-0.39, 0.29) is 12.4 Å². The molecule has 3 heteroatoms. The molecular weight excluding hydrogens is 195 g/mol. The minimum absolute atomic E-state index is 0.0666. The topological polar surface area (TPSA) is 26.3 Å². The van der Waals surface area contributed by atoms with Gasteiger partial charge in [-0.3, -0.25) is 0 Å². The van der Waals surface area contributed by atoms with Crippen molar-refractivity contribution < 1.29 is 13.9 Å². The van der Waals surface area contributed by atoms with Crippen molar-refractivity contribution in [3.8, 4) is 5.75 Å². The lowest BCUT2D eigenvalue weighted by molar-refractivity contribution is -0.116. The highest BCUT2D eigenvalue weighted by atomic mass is 19.1. The highest BCUT2D eigenvalue weighted by Gasteiger charge is 2.03. The minimum atomic E-state index is -0.499. The Balaban J connectivity index is 2.63. The Bertz CT molecular complexity index is 323. The van der Waals surface area contributed by atoms with Crippen LogP contribution in [0.2, 0.25) is 0 Å². The van der Waals surface area contributed by atoms with Gasteiger partial charge in [0.2, 0.25) is 0 Å². The fourth-order valence-electron chi connectivity index (χ4n) is 1.31. The van der Waals surface area contributed by atoms with Crippen LogP contribution in [0, 0.1) is 0 Å². The average molecular weight is 210 g/mol. The highest BCUT2D eigenvalue weighted by molar-refractivity contribution is 5.75. The number of benzene rings is 1. The largest absolute Gasteiger partial charge is 0.491 e. The third-order valence-electron chi connectivity index (χ3n) is 2.05. The van der Waals surface area contributed by atoms with E-state index < -0.39 is 6.67 Å². The summed E-state index contributed by atoms with van der Waals surface area (Å²) in [5, 5.41) is 0. The van der Waals surface area contributed by atoms with Crippen LogP contribution >= 0.6 is 0 Å². The van der Waals surface area contributed by atoms with E-state index in [0.29, 0.717) is 18.6 Å². The monoisotopic (exact) mass is 210 g/mol. The number of hydrogen-bond donors (Lipinski definition) is 0. The van der Waals surface area contributed by atoms with Crippen LogP contribution in [0.15, 0.2) is 24.3 Å². The molecule has 0 saturated heterocycles. The van der Waals surface area contributed by atoms with Gasteiger partial charge in [-0.1, -0.05) is 18.2 Å². The molecule has 0 aliphatic heterocycles. The van der Waals surface area contributed by atoms with Crippen molar-refractivity contribution in [2.24, 2.45) is 0 Å². The molecule has 0 aliphatic rings. The van der Waals surface area contributed by atoms with Crippen LogP contribution in [0.3, 0.4) is 0 Å². The van der Waals surface area contributed by atoms with Crippen LogP contribution in [0.25, 0.3) is 0 Å². The SMILES string of the molecule is CC(=O)CCc1ccccc1OCCF. The lowest BCUT2D eigenvalue weighted by Crippen LogP contribution is -2.02. The van der Waals surface area contributed by atoms with Crippen molar-refractivity contribution in [2.45, 2.75) is 19.8 Å². The zero-order chi connectivity index (χ0) is 11.1. The molecule has 0 N–H and O–H groups in total. The molecule has 0 atom stereocenters. The Morgan fingerprint density at radius 1 is 1.40 bits per heavy atom. The molecule has 0 aromatic heterocycles. The van der Waals surface area contributed by atoms with Crippen LogP contribution in [-0.4, -0.2) is 19.1 Å². The molecule has 1 aromatic carbocycles. The Hall–Kier alpha value is -1.38. The van der Waals surface area contributed by atoms with Crippen LogP contribution in [0.1, 0.15) is 18.9 Å². The molecule has 82 valence electrons. The molecule has 0 bridgehead atoms. The summed E-state index contributed by atoms with van der Waals surface area (Å²) in [7, 11) is 0. The molecule has 0 amide bonds. The summed E-state index contributed by atoms with van der Waals surface area (Å²) >= 11 is 0. The Morgan fingerprint density at radius 2 is 2.13 bits per heavy atom. The first-order valence-electron chi connectivity index (χ1n) is 5.00. The van der Waals surface area contributed by atoms with Gasteiger partial charge in [0.1, 0.15) is 24.8 Å². The number of carbonyl (C=O) groups is 1. The van der Waals surface area contributed by atoms with Gasteiger partial charge in [0.25, 0.3) is 0 Å². The second kappa shape index (κ2) is 6.17. The number of aryl methyl sites for hydroxylation is 1. The van der Waals surface area contributed by atoms with E-state index in [0.717, 1.165) is 5.56 Å². The van der Waals surface area contributed by atoms with E-state index in [1.807, 2.05) is 18.2 Å². The Kier molecular flexibility index (Phi) is 4.81. The second-order valence-electron chi connectivity index (χ2n) is 3.35. The molecule has 15 heavy (non-hydrogen) atoms. The third-order valence-corrected chi connectivity index (χ3v) is 2.05. The van der Waals surface area contributed by atoms with Gasteiger partial charge in [-0.2, -0.15) is 0 Å². The zero-order valence-electron chi connectivity index (χ0n) is 8.83. The lowest BCUT2D eigenvalue weighted by Gasteiger charge is -2.09. The zero-order valence-corrected chi connectivity index (χ0v) is 8.83. The number of hydrogen-bond acceptors (Lipinski definition) is 2.